The molecule has 0 radical (unpaired) electrons. The minimum atomic E-state index is -0.340. The van der Waals surface area contributed by atoms with Crippen molar-refractivity contribution in [2.75, 3.05) is 13.2 Å². The molecular weight excluding hydrogens is 242 g/mol. The van der Waals surface area contributed by atoms with Crippen LogP contribution in [-0.2, 0) is 11.2 Å². The number of carbonyl (C=O) groups excluding carboxylic acids is 1. The summed E-state index contributed by atoms with van der Waals surface area (Å²) in [5.74, 6) is 0.785. The van der Waals surface area contributed by atoms with Gasteiger partial charge in [-0.1, -0.05) is 6.07 Å². The summed E-state index contributed by atoms with van der Waals surface area (Å²) in [5.41, 5.74) is 2.18. The fourth-order valence-corrected chi connectivity index (χ4v) is 2.40. The first-order valence-electron chi connectivity index (χ1n) is 6.91. The number of rotatable bonds is 5. The largest absolute Gasteiger partial charge is 0.493 e. The Morgan fingerprint density at radius 2 is 2.37 bits per heavy atom. The highest BCUT2D eigenvalue weighted by molar-refractivity contribution is 5.75. The third-order valence-electron chi connectivity index (χ3n) is 3.37. The average Bonchev–Trinajstić information content (AvgIpc) is 2.39. The topological polar surface area (TPSA) is 58.6 Å². The number of ether oxygens (including phenoxy) is 1. The second-order valence-electron chi connectivity index (χ2n) is 4.82. The highest BCUT2D eigenvalue weighted by Gasteiger charge is 2.18. The molecule has 0 bridgehead atoms. The van der Waals surface area contributed by atoms with E-state index in [1.807, 2.05) is 25.1 Å². The predicted molar refractivity (Wildman–Crippen MR) is 73.1 cm³/mol. The molecule has 0 saturated carbocycles. The summed E-state index contributed by atoms with van der Waals surface area (Å²) in [5, 5.41) is 12.6. The smallest absolute Gasteiger partial charge is 0.223 e. The first kappa shape index (κ1) is 13.9. The van der Waals surface area contributed by atoms with E-state index in [0.29, 0.717) is 19.6 Å². The molecule has 0 aliphatic heterocycles. The predicted octanol–water partition coefficient (Wildman–Crippen LogP) is 1.96. The van der Waals surface area contributed by atoms with Crippen LogP contribution < -0.4 is 10.1 Å². The molecule has 0 heterocycles. The molecule has 4 nitrogen and oxygen atoms in total. The molecule has 1 atom stereocenters. The van der Waals surface area contributed by atoms with Gasteiger partial charge in [0.2, 0.25) is 5.91 Å². The highest BCUT2D eigenvalue weighted by atomic mass is 16.5. The van der Waals surface area contributed by atoms with Gasteiger partial charge < -0.3 is 15.2 Å². The molecule has 1 aromatic rings. The summed E-state index contributed by atoms with van der Waals surface area (Å²) in [6, 6.07) is 5.78. The number of amides is 1. The Kier molecular flexibility index (Phi) is 4.80. The van der Waals surface area contributed by atoms with E-state index in [2.05, 4.69) is 5.32 Å². The van der Waals surface area contributed by atoms with Gasteiger partial charge in [-0.15, -0.1) is 0 Å². The van der Waals surface area contributed by atoms with E-state index in [1.54, 1.807) is 0 Å². The van der Waals surface area contributed by atoms with Gasteiger partial charge in [0.25, 0.3) is 0 Å². The molecule has 4 heteroatoms. The quantitative estimate of drug-likeness (QED) is 0.853. The summed E-state index contributed by atoms with van der Waals surface area (Å²) in [4.78, 5) is 11.3. The zero-order valence-electron chi connectivity index (χ0n) is 11.3. The molecule has 0 spiro atoms. The van der Waals surface area contributed by atoms with Crippen LogP contribution in [0.5, 0.6) is 5.75 Å². The SMILES string of the molecule is CCNC(=O)CCOc1ccc2c(c1)CCCC2O. The summed E-state index contributed by atoms with van der Waals surface area (Å²) < 4.78 is 5.58. The molecule has 19 heavy (non-hydrogen) atoms. The third-order valence-corrected chi connectivity index (χ3v) is 3.37. The molecular formula is C15H21NO3. The van der Waals surface area contributed by atoms with Crippen LogP contribution in [0.25, 0.3) is 0 Å². The minimum absolute atomic E-state index is 0.0101. The van der Waals surface area contributed by atoms with Gasteiger partial charge in [-0.25, -0.2) is 0 Å². The van der Waals surface area contributed by atoms with Crippen LogP contribution in [0.3, 0.4) is 0 Å². The molecule has 0 saturated heterocycles. The van der Waals surface area contributed by atoms with E-state index in [9.17, 15) is 9.90 Å². The zero-order chi connectivity index (χ0) is 13.7. The van der Waals surface area contributed by atoms with Crippen LogP contribution in [0.2, 0.25) is 0 Å². The molecule has 0 aromatic heterocycles. The molecule has 0 fully saturated rings. The van der Waals surface area contributed by atoms with E-state index in [0.717, 1.165) is 36.1 Å². The Labute approximate surface area is 113 Å². The molecule has 104 valence electrons. The number of aliphatic hydroxyl groups is 1. The van der Waals surface area contributed by atoms with Crippen molar-refractivity contribution in [3.8, 4) is 5.75 Å². The Bertz CT molecular complexity index is 445. The Hall–Kier alpha value is -1.55. The zero-order valence-corrected chi connectivity index (χ0v) is 11.3. The maximum absolute atomic E-state index is 11.3. The molecule has 1 aromatic carbocycles. The number of aryl methyl sites for hydroxylation is 1. The fourth-order valence-electron chi connectivity index (χ4n) is 2.40. The molecule has 1 aliphatic rings. The van der Waals surface area contributed by atoms with Crippen molar-refractivity contribution < 1.29 is 14.6 Å². The second kappa shape index (κ2) is 6.57. The Balaban J connectivity index is 1.90. The van der Waals surface area contributed by atoms with Crippen molar-refractivity contribution in [3.63, 3.8) is 0 Å². The summed E-state index contributed by atoms with van der Waals surface area (Å²) in [6.07, 6.45) is 2.86. The molecule has 1 amide bonds. The first-order chi connectivity index (χ1) is 9.20. The number of aliphatic hydroxyl groups excluding tert-OH is 1. The van der Waals surface area contributed by atoms with Gasteiger partial charge in [0.15, 0.2) is 0 Å². The van der Waals surface area contributed by atoms with Crippen LogP contribution in [0.15, 0.2) is 18.2 Å². The van der Waals surface area contributed by atoms with Gasteiger partial charge in [-0.2, -0.15) is 0 Å². The summed E-state index contributed by atoms with van der Waals surface area (Å²) in [7, 11) is 0. The van der Waals surface area contributed by atoms with E-state index in [4.69, 9.17) is 4.74 Å². The summed E-state index contributed by atoms with van der Waals surface area (Å²) >= 11 is 0. The van der Waals surface area contributed by atoms with Gasteiger partial charge in [-0.05, 0) is 49.4 Å². The van der Waals surface area contributed by atoms with Crippen molar-refractivity contribution in [2.45, 2.75) is 38.7 Å². The normalized spacial score (nSPS) is 17.7. The minimum Gasteiger partial charge on any atom is -0.493 e. The number of fused-ring (bicyclic) bond motifs is 1. The van der Waals surface area contributed by atoms with Crippen molar-refractivity contribution in [3.05, 3.63) is 29.3 Å². The third kappa shape index (κ3) is 3.70. The van der Waals surface area contributed by atoms with Gasteiger partial charge in [0, 0.05) is 6.54 Å². The lowest BCUT2D eigenvalue weighted by atomic mass is 9.89. The maximum atomic E-state index is 11.3. The number of benzene rings is 1. The van der Waals surface area contributed by atoms with Crippen LogP contribution in [-0.4, -0.2) is 24.2 Å². The van der Waals surface area contributed by atoms with Gasteiger partial charge in [0.05, 0.1) is 19.1 Å². The van der Waals surface area contributed by atoms with Crippen molar-refractivity contribution in [1.29, 1.82) is 0 Å². The lowest BCUT2D eigenvalue weighted by molar-refractivity contribution is -0.121. The van der Waals surface area contributed by atoms with E-state index >= 15 is 0 Å². The number of hydrogen-bond acceptors (Lipinski definition) is 3. The van der Waals surface area contributed by atoms with Crippen molar-refractivity contribution >= 4 is 5.91 Å². The fraction of sp³-hybridized carbons (Fsp3) is 0.533. The second-order valence-corrected chi connectivity index (χ2v) is 4.82. The average molecular weight is 263 g/mol. The van der Waals surface area contributed by atoms with Gasteiger partial charge in [0.1, 0.15) is 5.75 Å². The maximum Gasteiger partial charge on any atom is 0.223 e. The number of hydrogen-bond donors (Lipinski definition) is 2. The van der Waals surface area contributed by atoms with E-state index in [1.165, 1.54) is 0 Å². The Morgan fingerprint density at radius 1 is 1.53 bits per heavy atom. The van der Waals surface area contributed by atoms with Crippen LogP contribution in [0.1, 0.15) is 43.4 Å². The number of nitrogens with one attached hydrogen (secondary N) is 1. The van der Waals surface area contributed by atoms with E-state index < -0.39 is 0 Å². The lowest BCUT2D eigenvalue weighted by Gasteiger charge is -2.21. The molecule has 1 aliphatic carbocycles. The summed E-state index contributed by atoms with van der Waals surface area (Å²) in [6.45, 7) is 2.93. The van der Waals surface area contributed by atoms with Gasteiger partial charge in [-0.3, -0.25) is 4.79 Å². The molecule has 2 N–H and O–H groups in total. The monoisotopic (exact) mass is 263 g/mol. The molecule has 1 unspecified atom stereocenters. The lowest BCUT2D eigenvalue weighted by Crippen LogP contribution is -2.24. The van der Waals surface area contributed by atoms with Crippen LogP contribution in [0, 0.1) is 0 Å². The number of carbonyl (C=O) groups is 1. The highest BCUT2D eigenvalue weighted by Crippen LogP contribution is 2.31. The van der Waals surface area contributed by atoms with Crippen LogP contribution in [0.4, 0.5) is 0 Å². The molecule has 2 rings (SSSR count). The standard InChI is InChI=1S/C15H21NO3/c1-2-16-15(18)8-9-19-12-6-7-13-11(10-12)4-3-5-14(13)17/h6-7,10,14,17H,2-5,8-9H2,1H3,(H,16,18). The van der Waals surface area contributed by atoms with Crippen molar-refractivity contribution in [2.24, 2.45) is 0 Å². The van der Waals surface area contributed by atoms with Gasteiger partial charge >= 0.3 is 0 Å². The first-order valence-corrected chi connectivity index (χ1v) is 6.91. The van der Waals surface area contributed by atoms with Crippen LogP contribution >= 0.6 is 0 Å². The van der Waals surface area contributed by atoms with E-state index in [-0.39, 0.29) is 12.0 Å². The Morgan fingerprint density at radius 3 is 3.16 bits per heavy atom. The van der Waals surface area contributed by atoms with Crippen molar-refractivity contribution in [1.82, 2.24) is 5.32 Å².